The number of rotatable bonds is 4. The van der Waals surface area contributed by atoms with E-state index in [2.05, 4.69) is 21.2 Å². The van der Waals surface area contributed by atoms with Gasteiger partial charge in [0.2, 0.25) is 10.0 Å². The number of nitrogens with one attached hydrogen (secondary N) is 1. The van der Waals surface area contributed by atoms with E-state index in [9.17, 15) is 13.2 Å². The molecule has 1 aromatic rings. The molecule has 1 unspecified atom stereocenters. The Hall–Kier alpha value is -0.630. The molecule has 0 saturated carbocycles. The summed E-state index contributed by atoms with van der Waals surface area (Å²) in [6.07, 6.45) is 0. The van der Waals surface area contributed by atoms with Crippen LogP contribution in [-0.4, -0.2) is 20.4 Å². The summed E-state index contributed by atoms with van der Waals surface area (Å²) in [6.45, 7) is 5.78. The van der Waals surface area contributed by atoms with E-state index in [-0.39, 0.29) is 27.4 Å². The number of carbonyl (C=O) groups is 1. The maximum Gasteiger partial charge on any atom is 0.253 e. The van der Waals surface area contributed by atoms with Gasteiger partial charge < -0.3 is 5.32 Å². The normalized spacial score (nSPS) is 13.3. The van der Waals surface area contributed by atoms with E-state index in [0.29, 0.717) is 4.47 Å². The fourth-order valence-corrected chi connectivity index (χ4v) is 2.72. The van der Waals surface area contributed by atoms with Crippen molar-refractivity contribution in [3.63, 3.8) is 0 Å². The third-order valence-corrected chi connectivity index (χ3v) is 5.09. The maximum atomic E-state index is 12.2. The molecule has 0 spiro atoms. The molecule has 0 fully saturated rings. The summed E-state index contributed by atoms with van der Waals surface area (Å²) in [4.78, 5) is 12.0. The second-order valence-corrected chi connectivity index (χ2v) is 7.61. The molecule has 1 amide bonds. The van der Waals surface area contributed by atoms with Crippen molar-refractivity contribution in [1.82, 2.24) is 5.32 Å². The van der Waals surface area contributed by atoms with Crippen LogP contribution in [0.1, 0.15) is 31.1 Å². The molecule has 1 aromatic carbocycles. The number of amides is 1. The van der Waals surface area contributed by atoms with Crippen molar-refractivity contribution in [1.29, 1.82) is 0 Å². The van der Waals surface area contributed by atoms with Crippen LogP contribution in [0.15, 0.2) is 21.5 Å². The molecule has 112 valence electrons. The molecule has 5 nitrogen and oxygen atoms in total. The summed E-state index contributed by atoms with van der Waals surface area (Å²) in [6, 6.07) is 2.36. The van der Waals surface area contributed by atoms with E-state index in [0.717, 1.165) is 0 Å². The van der Waals surface area contributed by atoms with E-state index in [1.165, 1.54) is 12.1 Å². The van der Waals surface area contributed by atoms with E-state index < -0.39 is 15.9 Å². The van der Waals surface area contributed by atoms with Crippen molar-refractivity contribution in [2.45, 2.75) is 31.7 Å². The van der Waals surface area contributed by atoms with Crippen molar-refractivity contribution in [3.05, 3.63) is 27.2 Å². The maximum absolute atomic E-state index is 12.2. The molecule has 0 aliphatic rings. The number of hydrogen-bond acceptors (Lipinski definition) is 3. The molecule has 0 bridgehead atoms. The first-order chi connectivity index (χ1) is 9.04. The van der Waals surface area contributed by atoms with Gasteiger partial charge in [0.15, 0.2) is 0 Å². The Morgan fingerprint density at radius 2 is 1.90 bits per heavy atom. The van der Waals surface area contributed by atoms with Crippen molar-refractivity contribution in [2.75, 3.05) is 0 Å². The average Bonchev–Trinajstić information content (AvgIpc) is 2.30. The molecule has 1 rings (SSSR count). The Kier molecular flexibility index (Phi) is 5.60. The van der Waals surface area contributed by atoms with E-state index in [1.54, 1.807) is 0 Å². The Morgan fingerprint density at radius 3 is 2.35 bits per heavy atom. The zero-order chi connectivity index (χ0) is 15.7. The first kappa shape index (κ1) is 17.4. The summed E-state index contributed by atoms with van der Waals surface area (Å²) >= 11 is 9.15. The molecule has 0 aliphatic heterocycles. The average molecular weight is 384 g/mol. The lowest BCUT2D eigenvalue weighted by Gasteiger charge is -2.18. The van der Waals surface area contributed by atoms with Crippen LogP contribution >= 0.6 is 27.5 Å². The van der Waals surface area contributed by atoms with Crippen LogP contribution in [0.4, 0.5) is 0 Å². The third kappa shape index (κ3) is 4.18. The SMILES string of the molecule is CC(C)C(C)NC(=O)c1cc(S(N)(=O)=O)cc(Br)c1Cl. The molecule has 3 N–H and O–H groups in total. The minimum absolute atomic E-state index is 0.0672. The lowest BCUT2D eigenvalue weighted by atomic mass is 10.1. The smallest absolute Gasteiger partial charge is 0.253 e. The molecule has 0 heterocycles. The molecular weight excluding hydrogens is 368 g/mol. The second kappa shape index (κ2) is 6.43. The van der Waals surface area contributed by atoms with Crippen LogP contribution in [0.3, 0.4) is 0 Å². The number of hydrogen-bond donors (Lipinski definition) is 2. The summed E-state index contributed by atoms with van der Waals surface area (Å²) in [5.74, 6) is -0.204. The fourth-order valence-electron chi connectivity index (χ4n) is 1.34. The number of sulfonamides is 1. The summed E-state index contributed by atoms with van der Waals surface area (Å²) < 4.78 is 23.1. The molecular formula is C12H16BrClN2O3S. The molecule has 20 heavy (non-hydrogen) atoms. The van der Waals surface area contributed by atoms with Crippen LogP contribution in [0.25, 0.3) is 0 Å². The molecule has 0 saturated heterocycles. The topological polar surface area (TPSA) is 89.3 Å². The Labute approximate surface area is 132 Å². The lowest BCUT2D eigenvalue weighted by Crippen LogP contribution is -2.36. The standard InChI is InChI=1S/C12H16BrClN2O3S/c1-6(2)7(3)16-12(17)9-4-8(20(15,18)19)5-10(13)11(9)14/h4-7H,1-3H3,(H,16,17)(H2,15,18,19). The predicted octanol–water partition coefficient (Wildman–Crippen LogP) is 2.52. The van der Waals surface area contributed by atoms with Crippen molar-refractivity contribution in [2.24, 2.45) is 11.1 Å². The van der Waals surface area contributed by atoms with Gasteiger partial charge in [-0.3, -0.25) is 4.79 Å². The highest BCUT2D eigenvalue weighted by Crippen LogP contribution is 2.29. The number of carbonyl (C=O) groups excluding carboxylic acids is 1. The number of benzene rings is 1. The van der Waals surface area contributed by atoms with Crippen molar-refractivity contribution >= 4 is 43.5 Å². The highest BCUT2D eigenvalue weighted by atomic mass is 79.9. The summed E-state index contributed by atoms with van der Waals surface area (Å²) in [5.41, 5.74) is 0.0672. The van der Waals surface area contributed by atoms with Gasteiger partial charge >= 0.3 is 0 Å². The monoisotopic (exact) mass is 382 g/mol. The highest BCUT2D eigenvalue weighted by molar-refractivity contribution is 9.10. The third-order valence-electron chi connectivity index (χ3n) is 2.93. The number of primary sulfonamides is 1. The van der Waals surface area contributed by atoms with Crippen LogP contribution in [0.2, 0.25) is 5.02 Å². The van der Waals surface area contributed by atoms with Gasteiger partial charge in [-0.25, -0.2) is 13.6 Å². The van der Waals surface area contributed by atoms with Gasteiger partial charge in [0.1, 0.15) is 0 Å². The predicted molar refractivity (Wildman–Crippen MR) is 82.3 cm³/mol. The van der Waals surface area contributed by atoms with Gasteiger partial charge in [-0.2, -0.15) is 0 Å². The first-order valence-electron chi connectivity index (χ1n) is 5.86. The number of halogens is 2. The Morgan fingerprint density at radius 1 is 1.35 bits per heavy atom. The summed E-state index contributed by atoms with van der Waals surface area (Å²) in [5, 5.41) is 7.98. The second-order valence-electron chi connectivity index (χ2n) is 4.82. The molecule has 0 aromatic heterocycles. The zero-order valence-electron chi connectivity index (χ0n) is 11.3. The van der Waals surface area contributed by atoms with Crippen molar-refractivity contribution < 1.29 is 13.2 Å². The minimum atomic E-state index is -3.91. The van der Waals surface area contributed by atoms with Gasteiger partial charge in [0.05, 0.1) is 15.5 Å². The van der Waals surface area contributed by atoms with Gasteiger partial charge in [-0.1, -0.05) is 25.4 Å². The largest absolute Gasteiger partial charge is 0.349 e. The Bertz CT molecular complexity index is 632. The van der Waals surface area contributed by atoms with Gasteiger partial charge in [-0.15, -0.1) is 0 Å². The van der Waals surface area contributed by atoms with Gasteiger partial charge in [-0.05, 0) is 40.9 Å². The van der Waals surface area contributed by atoms with Crippen LogP contribution in [0.5, 0.6) is 0 Å². The quantitative estimate of drug-likeness (QED) is 0.837. The van der Waals surface area contributed by atoms with Crippen LogP contribution < -0.4 is 10.5 Å². The summed E-state index contributed by atoms with van der Waals surface area (Å²) in [7, 11) is -3.91. The Balaban J connectivity index is 3.24. The van der Waals surface area contributed by atoms with Gasteiger partial charge in [0, 0.05) is 10.5 Å². The van der Waals surface area contributed by atoms with Gasteiger partial charge in [0.25, 0.3) is 5.91 Å². The number of nitrogens with two attached hydrogens (primary N) is 1. The molecule has 0 radical (unpaired) electrons. The lowest BCUT2D eigenvalue weighted by molar-refractivity contribution is 0.0930. The minimum Gasteiger partial charge on any atom is -0.349 e. The fraction of sp³-hybridized carbons (Fsp3) is 0.417. The first-order valence-corrected chi connectivity index (χ1v) is 8.58. The molecule has 1 atom stereocenters. The van der Waals surface area contributed by atoms with E-state index >= 15 is 0 Å². The zero-order valence-corrected chi connectivity index (χ0v) is 14.4. The van der Waals surface area contributed by atoms with Crippen molar-refractivity contribution in [3.8, 4) is 0 Å². The van der Waals surface area contributed by atoms with E-state index in [4.69, 9.17) is 16.7 Å². The molecule has 0 aliphatic carbocycles. The highest BCUT2D eigenvalue weighted by Gasteiger charge is 2.20. The van der Waals surface area contributed by atoms with E-state index in [1.807, 2.05) is 20.8 Å². The van der Waals surface area contributed by atoms with Crippen LogP contribution in [-0.2, 0) is 10.0 Å². The molecule has 8 heteroatoms. The van der Waals surface area contributed by atoms with Crippen LogP contribution in [0, 0.1) is 5.92 Å².